The predicted molar refractivity (Wildman–Crippen MR) is 85.8 cm³/mol. The topological polar surface area (TPSA) is 115 Å². The molecule has 0 radical (unpaired) electrons. The number of rotatable bonds is 12. The van der Waals surface area contributed by atoms with Gasteiger partial charge in [0.1, 0.15) is 6.04 Å². The van der Waals surface area contributed by atoms with Crippen LogP contribution >= 0.6 is 12.4 Å². The highest BCUT2D eigenvalue weighted by atomic mass is 35.5. The summed E-state index contributed by atoms with van der Waals surface area (Å²) in [5.41, 5.74) is 15.6. The number of carboxylic acids is 1. The van der Waals surface area contributed by atoms with Gasteiger partial charge in [0, 0.05) is 0 Å². The summed E-state index contributed by atoms with van der Waals surface area (Å²) in [6.07, 6.45) is 11.3. The van der Waals surface area contributed by atoms with Crippen molar-refractivity contribution in [2.45, 2.75) is 82.8 Å². The number of unbranched alkanes of at least 4 members (excludes halogenated alkanes) is 8. The second-order valence-electron chi connectivity index (χ2n) is 5.51. The van der Waals surface area contributed by atoms with Crippen LogP contribution < -0.4 is 17.2 Å². The molecular formula is C14H32ClN3O2. The summed E-state index contributed by atoms with van der Waals surface area (Å²) in [6, 6.07) is -1.19. The summed E-state index contributed by atoms with van der Waals surface area (Å²) in [6.45, 7) is 2.22. The quantitative estimate of drug-likeness (QED) is 0.326. The Labute approximate surface area is 129 Å². The Morgan fingerprint density at radius 2 is 1.40 bits per heavy atom. The van der Waals surface area contributed by atoms with Crippen molar-refractivity contribution in [3.05, 3.63) is 0 Å². The largest absolute Gasteiger partial charge is 0.480 e. The van der Waals surface area contributed by atoms with E-state index in [0.717, 1.165) is 19.3 Å². The molecule has 7 N–H and O–H groups in total. The molecule has 6 heteroatoms. The molecule has 0 aliphatic rings. The number of hydrogen-bond donors (Lipinski definition) is 4. The van der Waals surface area contributed by atoms with Crippen molar-refractivity contribution in [3.8, 4) is 0 Å². The number of aliphatic carboxylic acids is 1. The maximum absolute atomic E-state index is 10.7. The summed E-state index contributed by atoms with van der Waals surface area (Å²) < 4.78 is 0. The molecule has 1 atom stereocenters. The van der Waals surface area contributed by atoms with E-state index in [9.17, 15) is 4.79 Å². The van der Waals surface area contributed by atoms with Gasteiger partial charge >= 0.3 is 5.97 Å². The molecule has 0 aromatic rings. The zero-order chi connectivity index (χ0) is 14.7. The Bertz CT molecular complexity index is 251. The zero-order valence-corrected chi connectivity index (χ0v) is 13.5. The fourth-order valence-corrected chi connectivity index (χ4v) is 2.13. The fraction of sp³-hybridized carbons (Fsp3) is 0.929. The number of halogens is 1. The lowest BCUT2D eigenvalue weighted by Gasteiger charge is -2.28. The van der Waals surface area contributed by atoms with Crippen molar-refractivity contribution in [2.75, 3.05) is 0 Å². The predicted octanol–water partition coefficient (Wildman–Crippen LogP) is 2.35. The van der Waals surface area contributed by atoms with Gasteiger partial charge in [-0.2, -0.15) is 0 Å². The van der Waals surface area contributed by atoms with Crippen molar-refractivity contribution in [1.29, 1.82) is 0 Å². The van der Waals surface area contributed by atoms with Crippen LogP contribution in [0.1, 0.15) is 71.1 Å². The SMILES string of the molecule is CCCCCCCCCCCC(N)(N)C(N)C(=O)O.Cl. The van der Waals surface area contributed by atoms with Gasteiger partial charge in [0.2, 0.25) is 0 Å². The van der Waals surface area contributed by atoms with E-state index < -0.39 is 17.7 Å². The Balaban J connectivity index is 0. The van der Waals surface area contributed by atoms with Crippen LogP contribution in [0.3, 0.4) is 0 Å². The Morgan fingerprint density at radius 1 is 1.00 bits per heavy atom. The first-order valence-electron chi connectivity index (χ1n) is 7.48. The van der Waals surface area contributed by atoms with Gasteiger partial charge in [-0.25, -0.2) is 0 Å². The van der Waals surface area contributed by atoms with Crippen molar-refractivity contribution in [1.82, 2.24) is 0 Å². The number of nitrogens with two attached hydrogens (primary N) is 3. The highest BCUT2D eigenvalue weighted by Gasteiger charge is 2.32. The molecule has 0 spiro atoms. The molecule has 0 aliphatic heterocycles. The first kappa shape index (κ1) is 21.9. The lowest BCUT2D eigenvalue weighted by atomic mass is 9.95. The van der Waals surface area contributed by atoms with Crippen molar-refractivity contribution in [3.63, 3.8) is 0 Å². The Morgan fingerprint density at radius 3 is 1.80 bits per heavy atom. The molecule has 0 rings (SSSR count). The van der Waals surface area contributed by atoms with E-state index in [0.29, 0.717) is 6.42 Å². The summed E-state index contributed by atoms with van der Waals surface area (Å²) in [4.78, 5) is 10.7. The van der Waals surface area contributed by atoms with Gasteiger partial charge in [-0.3, -0.25) is 4.79 Å². The molecule has 0 aliphatic carbocycles. The summed E-state index contributed by atoms with van der Waals surface area (Å²) in [5.74, 6) is -1.14. The lowest BCUT2D eigenvalue weighted by Crippen LogP contribution is -2.65. The molecule has 0 bridgehead atoms. The van der Waals surface area contributed by atoms with E-state index in [2.05, 4.69) is 6.92 Å². The molecule has 0 amide bonds. The third-order valence-corrected chi connectivity index (χ3v) is 3.56. The van der Waals surface area contributed by atoms with Gasteiger partial charge in [-0.15, -0.1) is 12.4 Å². The minimum Gasteiger partial charge on any atom is -0.480 e. The van der Waals surface area contributed by atoms with Crippen LogP contribution in [-0.4, -0.2) is 22.8 Å². The zero-order valence-electron chi connectivity index (χ0n) is 12.6. The smallest absolute Gasteiger partial charge is 0.323 e. The minimum atomic E-state index is -1.30. The fourth-order valence-electron chi connectivity index (χ4n) is 2.13. The first-order valence-corrected chi connectivity index (χ1v) is 7.48. The average molecular weight is 310 g/mol. The molecular weight excluding hydrogens is 278 g/mol. The Hall–Kier alpha value is -0.360. The van der Waals surface area contributed by atoms with Crippen LogP contribution in [0.15, 0.2) is 0 Å². The number of carbonyl (C=O) groups is 1. The minimum absolute atomic E-state index is 0. The van der Waals surface area contributed by atoms with Crippen LogP contribution in [0.2, 0.25) is 0 Å². The maximum atomic E-state index is 10.7. The van der Waals surface area contributed by atoms with Crippen LogP contribution in [-0.2, 0) is 4.79 Å². The third kappa shape index (κ3) is 10.4. The van der Waals surface area contributed by atoms with Crippen LogP contribution in [0, 0.1) is 0 Å². The van der Waals surface area contributed by atoms with Crippen LogP contribution in [0.25, 0.3) is 0 Å². The average Bonchev–Trinajstić information content (AvgIpc) is 2.35. The van der Waals surface area contributed by atoms with E-state index in [1.54, 1.807) is 0 Å². The molecule has 0 saturated heterocycles. The molecule has 0 heterocycles. The highest BCUT2D eigenvalue weighted by molar-refractivity contribution is 5.85. The second-order valence-corrected chi connectivity index (χ2v) is 5.51. The molecule has 20 heavy (non-hydrogen) atoms. The van der Waals surface area contributed by atoms with Gasteiger partial charge in [0.25, 0.3) is 0 Å². The third-order valence-electron chi connectivity index (χ3n) is 3.56. The van der Waals surface area contributed by atoms with E-state index in [4.69, 9.17) is 22.3 Å². The second kappa shape index (κ2) is 12.4. The molecule has 5 nitrogen and oxygen atoms in total. The van der Waals surface area contributed by atoms with Crippen molar-refractivity contribution >= 4 is 18.4 Å². The van der Waals surface area contributed by atoms with Gasteiger partial charge in [-0.1, -0.05) is 64.7 Å². The van der Waals surface area contributed by atoms with E-state index >= 15 is 0 Å². The van der Waals surface area contributed by atoms with Crippen LogP contribution in [0.4, 0.5) is 0 Å². The summed E-state index contributed by atoms with van der Waals surface area (Å²) >= 11 is 0. The molecule has 0 aromatic carbocycles. The van der Waals surface area contributed by atoms with Gasteiger partial charge < -0.3 is 22.3 Å². The van der Waals surface area contributed by atoms with E-state index in [1.165, 1.54) is 38.5 Å². The van der Waals surface area contributed by atoms with Crippen molar-refractivity contribution in [2.24, 2.45) is 17.2 Å². The van der Waals surface area contributed by atoms with Crippen LogP contribution in [0.5, 0.6) is 0 Å². The molecule has 1 unspecified atom stereocenters. The van der Waals surface area contributed by atoms with Crippen molar-refractivity contribution < 1.29 is 9.90 Å². The Kier molecular flexibility index (Phi) is 13.6. The van der Waals surface area contributed by atoms with E-state index in [1.807, 2.05) is 0 Å². The molecule has 0 fully saturated rings. The van der Waals surface area contributed by atoms with Gasteiger partial charge in [0.15, 0.2) is 0 Å². The molecule has 122 valence electrons. The summed E-state index contributed by atoms with van der Waals surface area (Å²) in [5, 5.41) is 8.78. The maximum Gasteiger partial charge on any atom is 0.323 e. The normalized spacial score (nSPS) is 12.8. The number of carboxylic acid groups (broad SMARTS) is 1. The first-order chi connectivity index (χ1) is 8.91. The lowest BCUT2D eigenvalue weighted by molar-refractivity contribution is -0.140. The molecule has 0 aromatic heterocycles. The monoisotopic (exact) mass is 309 g/mol. The van der Waals surface area contributed by atoms with E-state index in [-0.39, 0.29) is 12.4 Å². The van der Waals surface area contributed by atoms with Gasteiger partial charge in [-0.05, 0) is 6.42 Å². The number of hydrogen-bond acceptors (Lipinski definition) is 4. The standard InChI is InChI=1S/C14H31N3O2.ClH/c1-2-3-4-5-6-7-8-9-10-11-14(16,17)12(15)13(18)19;/h12H,2-11,15-17H2,1H3,(H,18,19);1H. The van der Waals surface area contributed by atoms with Gasteiger partial charge in [0.05, 0.1) is 5.66 Å². The summed E-state index contributed by atoms with van der Waals surface area (Å²) in [7, 11) is 0. The molecule has 0 saturated carbocycles. The highest BCUT2D eigenvalue weighted by Crippen LogP contribution is 2.14.